The highest BCUT2D eigenvalue weighted by Crippen LogP contribution is 2.50. The second kappa shape index (κ2) is 5.63. The van der Waals surface area contributed by atoms with Gasteiger partial charge in [0.2, 0.25) is 0 Å². The molecule has 2 rings (SSSR count). The Morgan fingerprint density at radius 3 is 2.53 bits per heavy atom. The maximum Gasteiger partial charge on any atom is 0.0733 e. The Morgan fingerprint density at radius 2 is 2.12 bits per heavy atom. The van der Waals surface area contributed by atoms with E-state index in [-0.39, 0.29) is 0 Å². The minimum atomic E-state index is 0.297. The van der Waals surface area contributed by atoms with Crippen LogP contribution in [0.2, 0.25) is 0 Å². The summed E-state index contributed by atoms with van der Waals surface area (Å²) in [5.74, 6) is 0. The largest absolute Gasteiger partial charge is 0.396 e. The molecule has 0 spiro atoms. The third-order valence-electron chi connectivity index (χ3n) is 4.24. The van der Waals surface area contributed by atoms with Crippen LogP contribution in [-0.2, 0) is 0 Å². The van der Waals surface area contributed by atoms with Crippen LogP contribution in [0.3, 0.4) is 0 Å². The molecule has 4 heteroatoms. The highest BCUT2D eigenvalue weighted by atomic mass is 32.1. The van der Waals surface area contributed by atoms with Crippen LogP contribution in [0.5, 0.6) is 0 Å². The van der Waals surface area contributed by atoms with Crippen molar-refractivity contribution >= 4 is 17.2 Å². The number of nitrogens with two attached hydrogens (primary N) is 1. The normalized spacial score (nSPS) is 22.5. The van der Waals surface area contributed by atoms with Crippen LogP contribution < -0.4 is 5.73 Å². The average molecular weight is 256 g/mol. The van der Waals surface area contributed by atoms with Crippen LogP contribution in [0, 0.1) is 5.41 Å². The second-order valence-corrected chi connectivity index (χ2v) is 6.30. The van der Waals surface area contributed by atoms with Crippen molar-refractivity contribution in [2.75, 3.05) is 19.7 Å². The van der Waals surface area contributed by atoms with E-state index >= 15 is 0 Å². The van der Waals surface area contributed by atoms with Crippen molar-refractivity contribution in [3.8, 4) is 0 Å². The van der Waals surface area contributed by atoms with Crippen molar-refractivity contribution in [2.45, 2.75) is 51.0 Å². The van der Waals surface area contributed by atoms with E-state index in [1.807, 2.05) is 0 Å². The maximum absolute atomic E-state index is 8.98. The number of hydrogen-bond donors (Lipinski definition) is 2. The van der Waals surface area contributed by atoms with Crippen LogP contribution in [0.25, 0.3) is 0 Å². The van der Waals surface area contributed by atoms with Crippen molar-refractivity contribution in [3.05, 3.63) is 0 Å². The Labute approximate surface area is 109 Å². The molecule has 0 amide bonds. The molecule has 0 radical (unpaired) electrons. The van der Waals surface area contributed by atoms with Gasteiger partial charge in [0.05, 0.1) is 4.99 Å². The van der Waals surface area contributed by atoms with E-state index in [1.165, 1.54) is 32.1 Å². The summed E-state index contributed by atoms with van der Waals surface area (Å²) in [4.78, 5) is 3.24. The van der Waals surface area contributed by atoms with Gasteiger partial charge >= 0.3 is 0 Å². The predicted octanol–water partition coefficient (Wildman–Crippen LogP) is 1.68. The summed E-state index contributed by atoms with van der Waals surface area (Å²) in [6.07, 6.45) is 8.36. The summed E-state index contributed by atoms with van der Waals surface area (Å²) in [6, 6.07) is 0.755. The van der Waals surface area contributed by atoms with Gasteiger partial charge in [0.25, 0.3) is 0 Å². The standard InChI is InChI=1S/C13H24N2OS/c14-12(17)9-13(5-6-13)10-15(7-2-8-16)11-3-1-4-11/h11,16H,1-10H2,(H2,14,17). The van der Waals surface area contributed by atoms with Crippen LogP contribution in [0.4, 0.5) is 0 Å². The summed E-state index contributed by atoms with van der Waals surface area (Å²) in [7, 11) is 0. The summed E-state index contributed by atoms with van der Waals surface area (Å²) >= 11 is 5.05. The number of thiocarbonyl (C=S) groups is 1. The Balaban J connectivity index is 1.85. The summed E-state index contributed by atoms with van der Waals surface area (Å²) in [5.41, 5.74) is 6.08. The first-order chi connectivity index (χ1) is 8.15. The first-order valence-electron chi connectivity index (χ1n) is 6.78. The predicted molar refractivity (Wildman–Crippen MR) is 74.0 cm³/mol. The van der Waals surface area contributed by atoms with Crippen molar-refractivity contribution < 1.29 is 5.11 Å². The lowest BCUT2D eigenvalue weighted by Gasteiger charge is -2.39. The molecule has 3 nitrogen and oxygen atoms in total. The molecule has 98 valence electrons. The molecular formula is C13H24N2OS. The quantitative estimate of drug-likeness (QED) is 0.649. The first-order valence-corrected chi connectivity index (χ1v) is 7.19. The molecule has 2 aliphatic rings. The van der Waals surface area contributed by atoms with E-state index in [9.17, 15) is 0 Å². The van der Waals surface area contributed by atoms with Crippen LogP contribution in [-0.4, -0.2) is 40.7 Å². The highest BCUT2D eigenvalue weighted by Gasteiger charge is 2.45. The second-order valence-electron chi connectivity index (χ2n) is 5.78. The number of aliphatic hydroxyl groups is 1. The lowest BCUT2D eigenvalue weighted by molar-refractivity contribution is 0.0941. The third kappa shape index (κ3) is 3.63. The monoisotopic (exact) mass is 256 g/mol. The van der Waals surface area contributed by atoms with Gasteiger partial charge in [-0.3, -0.25) is 4.90 Å². The lowest BCUT2D eigenvalue weighted by Crippen LogP contribution is -2.44. The first kappa shape index (κ1) is 13.2. The van der Waals surface area contributed by atoms with Crippen LogP contribution >= 0.6 is 12.2 Å². The van der Waals surface area contributed by atoms with Gasteiger partial charge < -0.3 is 10.8 Å². The van der Waals surface area contributed by atoms with Gasteiger partial charge in [-0.1, -0.05) is 18.6 Å². The van der Waals surface area contributed by atoms with Crippen molar-refractivity contribution in [3.63, 3.8) is 0 Å². The van der Waals surface area contributed by atoms with Crippen LogP contribution in [0.15, 0.2) is 0 Å². The Morgan fingerprint density at radius 1 is 1.41 bits per heavy atom. The molecule has 0 heterocycles. The Bertz CT molecular complexity index is 275. The molecule has 0 aromatic carbocycles. The number of hydrogen-bond acceptors (Lipinski definition) is 3. The zero-order valence-electron chi connectivity index (χ0n) is 10.5. The summed E-state index contributed by atoms with van der Waals surface area (Å²) in [6.45, 7) is 2.46. The van der Waals surface area contributed by atoms with E-state index in [0.717, 1.165) is 32.0 Å². The molecule has 2 aliphatic carbocycles. The van der Waals surface area contributed by atoms with Gasteiger partial charge in [-0.05, 0) is 37.5 Å². The SMILES string of the molecule is NC(=S)CC1(CN(CCCO)C2CCC2)CC1. The minimum Gasteiger partial charge on any atom is -0.396 e. The van der Waals surface area contributed by atoms with Gasteiger partial charge in [-0.15, -0.1) is 0 Å². The third-order valence-corrected chi connectivity index (χ3v) is 4.38. The molecule has 2 saturated carbocycles. The van der Waals surface area contributed by atoms with Gasteiger partial charge in [0.1, 0.15) is 0 Å². The van der Waals surface area contributed by atoms with E-state index in [4.69, 9.17) is 23.1 Å². The molecule has 0 saturated heterocycles. The molecule has 0 atom stereocenters. The lowest BCUT2D eigenvalue weighted by atomic mass is 9.89. The zero-order valence-corrected chi connectivity index (χ0v) is 11.3. The van der Waals surface area contributed by atoms with Crippen LogP contribution in [0.1, 0.15) is 44.9 Å². The van der Waals surface area contributed by atoms with E-state index in [0.29, 0.717) is 17.0 Å². The molecule has 0 bridgehead atoms. The number of rotatable bonds is 8. The number of aliphatic hydroxyl groups excluding tert-OH is 1. The molecule has 0 aliphatic heterocycles. The van der Waals surface area contributed by atoms with E-state index in [1.54, 1.807) is 0 Å². The maximum atomic E-state index is 8.98. The van der Waals surface area contributed by atoms with E-state index < -0.39 is 0 Å². The minimum absolute atomic E-state index is 0.297. The molecule has 0 aromatic heterocycles. The van der Waals surface area contributed by atoms with Crippen molar-refractivity contribution in [1.29, 1.82) is 0 Å². The molecule has 2 fully saturated rings. The highest BCUT2D eigenvalue weighted by molar-refractivity contribution is 7.80. The van der Waals surface area contributed by atoms with Gasteiger partial charge in [-0.2, -0.15) is 0 Å². The Hall–Kier alpha value is -0.190. The number of nitrogens with zero attached hydrogens (tertiary/aromatic N) is 1. The molecule has 0 aromatic rings. The zero-order chi connectivity index (χ0) is 12.3. The summed E-state index contributed by atoms with van der Waals surface area (Å²) in [5, 5.41) is 8.98. The average Bonchev–Trinajstić information content (AvgIpc) is 2.90. The fourth-order valence-corrected chi connectivity index (χ4v) is 3.09. The van der Waals surface area contributed by atoms with Crippen molar-refractivity contribution in [1.82, 2.24) is 4.90 Å². The molecule has 3 N–H and O–H groups in total. The topological polar surface area (TPSA) is 49.5 Å². The van der Waals surface area contributed by atoms with Crippen molar-refractivity contribution in [2.24, 2.45) is 11.1 Å². The molecule has 17 heavy (non-hydrogen) atoms. The summed E-state index contributed by atoms with van der Waals surface area (Å²) < 4.78 is 0. The molecular weight excluding hydrogens is 232 g/mol. The fraction of sp³-hybridized carbons (Fsp3) is 0.923. The van der Waals surface area contributed by atoms with E-state index in [2.05, 4.69) is 4.90 Å². The smallest absolute Gasteiger partial charge is 0.0733 e. The van der Waals surface area contributed by atoms with Gasteiger partial charge in [0, 0.05) is 32.2 Å². The van der Waals surface area contributed by atoms with Gasteiger partial charge in [-0.25, -0.2) is 0 Å². The Kier molecular flexibility index (Phi) is 4.39. The molecule has 0 unspecified atom stereocenters. The fourth-order valence-electron chi connectivity index (χ4n) is 2.78. The van der Waals surface area contributed by atoms with Gasteiger partial charge in [0.15, 0.2) is 0 Å².